The smallest absolute Gasteiger partial charge is 0.418 e. The quantitative estimate of drug-likeness (QED) is 0.0312. The van der Waals surface area contributed by atoms with Gasteiger partial charge in [-0.2, -0.15) is 0 Å². The summed E-state index contributed by atoms with van der Waals surface area (Å²) in [6.45, 7) is 10.0. The predicted molar refractivity (Wildman–Crippen MR) is 252 cm³/mol. The maximum atomic E-state index is 13.1. The molecule has 0 radical (unpaired) electrons. The van der Waals surface area contributed by atoms with Crippen LogP contribution in [0, 0.1) is 5.41 Å². The van der Waals surface area contributed by atoms with Crippen LogP contribution in [0.2, 0.25) is 0 Å². The van der Waals surface area contributed by atoms with Crippen LogP contribution < -0.4 is 26.6 Å². The third kappa shape index (κ3) is 15.9. The van der Waals surface area contributed by atoms with Gasteiger partial charge in [-0.05, 0) is 117 Å². The Hall–Kier alpha value is -8.07. The van der Waals surface area contributed by atoms with Crippen LogP contribution in [-0.2, 0) is 32.2 Å². The van der Waals surface area contributed by atoms with E-state index in [4.69, 9.17) is 14.2 Å². The number of pyridine rings is 1. The second-order valence-corrected chi connectivity index (χ2v) is 16.0. The summed E-state index contributed by atoms with van der Waals surface area (Å²) in [4.78, 5) is 79.2. The normalized spacial score (nSPS) is 13.7. The Morgan fingerprint density at radius 3 is 2.09 bits per heavy atom. The van der Waals surface area contributed by atoms with Gasteiger partial charge in [0.05, 0.1) is 11.4 Å². The first kappa shape index (κ1) is 49.0. The lowest BCUT2D eigenvalue weighted by atomic mass is 9.72. The number of alkyl carbamates (subject to hydrolysis) is 2. The summed E-state index contributed by atoms with van der Waals surface area (Å²) in [5.41, 5.74) is 7.62. The lowest BCUT2D eigenvalue weighted by Gasteiger charge is -2.32. The number of anilines is 3. The molecular formula is C51H54N6O9. The zero-order chi connectivity index (χ0) is 47.5. The number of rotatable bonds is 16. The number of nitrogens with zero attached hydrogens (tertiary/aromatic N) is 1. The second-order valence-electron chi connectivity index (χ2n) is 16.0. The molecule has 0 bridgehead atoms. The number of para-hydroxylation sites is 2. The van der Waals surface area contributed by atoms with Crippen LogP contribution in [0.5, 0.6) is 0 Å². The molecule has 1 aliphatic carbocycles. The summed E-state index contributed by atoms with van der Waals surface area (Å²) in [6, 6.07) is 21.7. The highest BCUT2D eigenvalue weighted by molar-refractivity contribution is 6.09. The molecule has 0 saturated heterocycles. The van der Waals surface area contributed by atoms with Crippen LogP contribution in [0.25, 0.3) is 0 Å². The van der Waals surface area contributed by atoms with Crippen molar-refractivity contribution >= 4 is 53.1 Å². The van der Waals surface area contributed by atoms with Gasteiger partial charge in [0.1, 0.15) is 6.61 Å². The molecule has 0 atom stereocenters. The van der Waals surface area contributed by atoms with Crippen molar-refractivity contribution in [3.63, 3.8) is 0 Å². The maximum absolute atomic E-state index is 13.1. The van der Waals surface area contributed by atoms with E-state index in [0.717, 1.165) is 23.1 Å². The van der Waals surface area contributed by atoms with Crippen LogP contribution in [0.4, 0.5) is 31.4 Å². The average molecular weight is 895 g/mol. The standard InChI is InChI=1S/C51H54N6O9/c1-34(17-26-42-36(3)13-9-27-51(42,4)5)11-8-12-35(2)29-45(58)65-33-66-50(63)57-48(61)56-44-16-7-6-15-43(44)55-47(60)40-22-24-41(25-23-40)54-46(59)39-20-18-37(19-21-39)31-53-49(62)64-32-38-14-10-28-52-30-38/h6-8,10-12,14-26,28-30H,9,13,27,31-33H2,1-5H3,(H,53,62)(H,54,59)(H,55,60)(H2,56,57,61,63)/b12-8+,26-17+,34-11+,35-29+. The van der Waals surface area contributed by atoms with Crippen molar-refractivity contribution in [1.82, 2.24) is 15.6 Å². The molecule has 6 amide bonds. The van der Waals surface area contributed by atoms with Gasteiger partial charge < -0.3 is 35.5 Å². The first-order valence-electron chi connectivity index (χ1n) is 21.2. The van der Waals surface area contributed by atoms with Crippen molar-refractivity contribution < 1.29 is 43.0 Å². The van der Waals surface area contributed by atoms with Crippen molar-refractivity contribution in [3.8, 4) is 0 Å². The molecule has 0 aliphatic heterocycles. The Balaban J connectivity index is 1.01. The fourth-order valence-corrected chi connectivity index (χ4v) is 6.77. The van der Waals surface area contributed by atoms with Crippen molar-refractivity contribution in [1.29, 1.82) is 0 Å². The zero-order valence-corrected chi connectivity index (χ0v) is 37.6. The minimum Gasteiger partial charge on any atom is -0.445 e. The van der Waals surface area contributed by atoms with Gasteiger partial charge in [-0.3, -0.25) is 14.6 Å². The molecule has 4 aromatic rings. The number of esters is 1. The fourth-order valence-electron chi connectivity index (χ4n) is 6.77. The zero-order valence-electron chi connectivity index (χ0n) is 37.6. The number of aromatic nitrogens is 1. The Morgan fingerprint density at radius 1 is 0.727 bits per heavy atom. The Bertz CT molecular complexity index is 2540. The number of carbonyl (C=O) groups is 6. The van der Waals surface area contributed by atoms with E-state index in [1.807, 2.05) is 24.4 Å². The molecule has 0 fully saturated rings. The summed E-state index contributed by atoms with van der Waals surface area (Å²) in [6.07, 6.45) is 16.1. The topological polar surface area (TPSA) is 203 Å². The second kappa shape index (κ2) is 24.1. The molecule has 0 saturated carbocycles. The van der Waals surface area contributed by atoms with Crippen molar-refractivity contribution in [3.05, 3.63) is 178 Å². The van der Waals surface area contributed by atoms with Gasteiger partial charge >= 0.3 is 24.2 Å². The summed E-state index contributed by atoms with van der Waals surface area (Å²) in [5, 5.41) is 12.6. The van der Waals surface area contributed by atoms with E-state index >= 15 is 0 Å². The number of amides is 6. The number of urea groups is 1. The largest absolute Gasteiger partial charge is 0.445 e. The fraction of sp³-hybridized carbons (Fsp3) is 0.235. The molecule has 0 spiro atoms. The molecule has 1 heterocycles. The Labute approximate surface area is 384 Å². The number of hydrogen-bond donors (Lipinski definition) is 5. The van der Waals surface area contributed by atoms with Gasteiger partial charge in [0.15, 0.2) is 0 Å². The molecule has 1 aromatic heterocycles. The summed E-state index contributed by atoms with van der Waals surface area (Å²) in [7, 11) is 0. The van der Waals surface area contributed by atoms with Crippen LogP contribution in [0.1, 0.15) is 85.7 Å². The minimum atomic E-state index is -1.17. The van der Waals surface area contributed by atoms with Gasteiger partial charge in [-0.15, -0.1) is 0 Å². The number of ether oxygens (including phenoxy) is 3. The lowest BCUT2D eigenvalue weighted by Crippen LogP contribution is -2.35. The number of allylic oxidation sites excluding steroid dienone is 9. The van der Waals surface area contributed by atoms with E-state index in [1.165, 1.54) is 48.3 Å². The molecule has 5 N–H and O–H groups in total. The molecule has 15 heteroatoms. The predicted octanol–water partition coefficient (Wildman–Crippen LogP) is 10.3. The number of hydrogen-bond acceptors (Lipinski definition) is 10. The molecule has 15 nitrogen and oxygen atoms in total. The van der Waals surface area contributed by atoms with E-state index in [-0.39, 0.29) is 41.4 Å². The molecule has 342 valence electrons. The van der Waals surface area contributed by atoms with Gasteiger partial charge in [0, 0.05) is 47.4 Å². The summed E-state index contributed by atoms with van der Waals surface area (Å²) < 4.78 is 15.0. The van der Waals surface area contributed by atoms with E-state index in [1.54, 1.807) is 92.1 Å². The van der Waals surface area contributed by atoms with E-state index in [9.17, 15) is 28.8 Å². The highest BCUT2D eigenvalue weighted by Crippen LogP contribution is 2.40. The van der Waals surface area contributed by atoms with Crippen molar-refractivity contribution in [2.45, 2.75) is 67.0 Å². The number of benzene rings is 3. The first-order valence-corrected chi connectivity index (χ1v) is 21.2. The molecular weight excluding hydrogens is 841 g/mol. The van der Waals surface area contributed by atoms with E-state index < -0.39 is 36.9 Å². The van der Waals surface area contributed by atoms with Crippen LogP contribution in [0.3, 0.4) is 0 Å². The molecule has 3 aromatic carbocycles. The first-order chi connectivity index (χ1) is 31.6. The third-order valence-corrected chi connectivity index (χ3v) is 10.3. The van der Waals surface area contributed by atoms with Gasteiger partial charge in [-0.25, -0.2) is 24.5 Å². The number of carbonyl (C=O) groups excluding carboxylic acids is 6. The van der Waals surface area contributed by atoms with Gasteiger partial charge in [0.25, 0.3) is 11.8 Å². The number of nitrogens with one attached hydrogen (secondary N) is 5. The maximum Gasteiger partial charge on any atom is 0.418 e. The van der Waals surface area contributed by atoms with E-state index in [2.05, 4.69) is 59.2 Å². The minimum absolute atomic E-state index is 0.0920. The van der Waals surface area contributed by atoms with Crippen molar-refractivity contribution in [2.24, 2.45) is 5.41 Å². The van der Waals surface area contributed by atoms with Gasteiger partial charge in [0.2, 0.25) is 6.79 Å². The Kier molecular flexibility index (Phi) is 17.9. The highest BCUT2D eigenvalue weighted by atomic mass is 16.7. The van der Waals surface area contributed by atoms with Crippen molar-refractivity contribution in [2.75, 3.05) is 22.7 Å². The summed E-state index contributed by atoms with van der Waals surface area (Å²) >= 11 is 0. The third-order valence-electron chi connectivity index (χ3n) is 10.3. The monoisotopic (exact) mass is 894 g/mol. The summed E-state index contributed by atoms with van der Waals surface area (Å²) in [5.74, 6) is -1.64. The SMILES string of the molecule is CC1=C(/C=C/C(C)=C/C=C/C(C)=C/C(=O)OCOC(=O)NC(=O)Nc2ccccc2NC(=O)c2ccc(NC(=O)c3ccc(CNC(=O)OCc4cccnc4)cc3)cc2)C(C)(C)CCC1. The molecule has 1 aliphatic rings. The van der Waals surface area contributed by atoms with Gasteiger partial charge in [-0.1, -0.05) is 85.7 Å². The molecule has 5 rings (SSSR count). The molecule has 0 unspecified atom stereocenters. The molecule has 66 heavy (non-hydrogen) atoms. The highest BCUT2D eigenvalue weighted by Gasteiger charge is 2.26. The van der Waals surface area contributed by atoms with Crippen LogP contribution in [0.15, 0.2) is 156 Å². The van der Waals surface area contributed by atoms with E-state index in [0.29, 0.717) is 16.8 Å². The average Bonchev–Trinajstić information content (AvgIpc) is 3.28. The van der Waals surface area contributed by atoms with Crippen LogP contribution >= 0.6 is 0 Å². The van der Waals surface area contributed by atoms with Crippen LogP contribution in [-0.4, -0.2) is 47.8 Å². The number of imide groups is 1. The lowest BCUT2D eigenvalue weighted by molar-refractivity contribution is -0.145. The Morgan fingerprint density at radius 2 is 1.41 bits per heavy atom.